The molecular formula is C13H21N3O. The van der Waals surface area contributed by atoms with Gasteiger partial charge in [-0.2, -0.15) is 0 Å². The van der Waals surface area contributed by atoms with Gasteiger partial charge in [-0.25, -0.2) is 0 Å². The number of nitrogens with zero attached hydrogens (tertiary/aromatic N) is 1. The number of amides is 1. The molecule has 0 heterocycles. The third-order valence-corrected chi connectivity index (χ3v) is 2.93. The number of carbonyl (C=O) groups excluding carboxylic acids is 1. The quantitative estimate of drug-likeness (QED) is 0.769. The number of rotatable bonds is 6. The Morgan fingerprint density at radius 1 is 1.35 bits per heavy atom. The minimum absolute atomic E-state index is 0.445. The maximum absolute atomic E-state index is 10.8. The maximum atomic E-state index is 10.8. The second-order valence-corrected chi connectivity index (χ2v) is 4.24. The van der Waals surface area contributed by atoms with E-state index in [1.54, 1.807) is 0 Å². The molecule has 0 fully saturated rings. The van der Waals surface area contributed by atoms with Crippen molar-refractivity contribution in [2.45, 2.75) is 25.8 Å². The SMILES string of the molecule is CCc1ccc(N(C)CCC(N)C(N)=O)cc1. The number of carbonyl (C=O) groups is 1. The van der Waals surface area contributed by atoms with Crippen molar-refractivity contribution < 1.29 is 4.79 Å². The Morgan fingerprint density at radius 2 is 1.94 bits per heavy atom. The lowest BCUT2D eigenvalue weighted by molar-refractivity contribution is -0.119. The molecule has 1 aromatic rings. The van der Waals surface area contributed by atoms with Crippen LogP contribution >= 0.6 is 0 Å². The molecular weight excluding hydrogens is 214 g/mol. The maximum Gasteiger partial charge on any atom is 0.234 e. The molecule has 0 aromatic heterocycles. The number of nitrogens with two attached hydrogens (primary N) is 2. The molecule has 0 aliphatic heterocycles. The molecule has 94 valence electrons. The van der Waals surface area contributed by atoms with Crippen molar-refractivity contribution in [3.8, 4) is 0 Å². The minimum atomic E-state index is -0.563. The molecule has 0 bridgehead atoms. The Balaban J connectivity index is 2.51. The normalized spacial score (nSPS) is 12.2. The molecule has 0 spiro atoms. The number of hydrogen-bond acceptors (Lipinski definition) is 3. The highest BCUT2D eigenvalue weighted by Crippen LogP contribution is 2.14. The first kappa shape index (κ1) is 13.5. The van der Waals surface area contributed by atoms with Gasteiger partial charge in [0.15, 0.2) is 0 Å². The zero-order valence-electron chi connectivity index (χ0n) is 10.5. The third-order valence-electron chi connectivity index (χ3n) is 2.93. The zero-order valence-corrected chi connectivity index (χ0v) is 10.5. The smallest absolute Gasteiger partial charge is 0.234 e. The van der Waals surface area contributed by atoms with Crippen molar-refractivity contribution in [2.75, 3.05) is 18.5 Å². The van der Waals surface area contributed by atoms with E-state index < -0.39 is 11.9 Å². The van der Waals surface area contributed by atoms with Gasteiger partial charge in [0.25, 0.3) is 0 Å². The number of benzene rings is 1. The van der Waals surface area contributed by atoms with Crippen molar-refractivity contribution in [1.82, 2.24) is 0 Å². The molecule has 0 saturated carbocycles. The number of anilines is 1. The fourth-order valence-corrected chi connectivity index (χ4v) is 1.59. The summed E-state index contributed by atoms with van der Waals surface area (Å²) in [5.74, 6) is -0.445. The van der Waals surface area contributed by atoms with Gasteiger partial charge in [0.2, 0.25) is 5.91 Å². The van der Waals surface area contributed by atoms with Crippen LogP contribution in [0.5, 0.6) is 0 Å². The van der Waals surface area contributed by atoms with Crippen LogP contribution < -0.4 is 16.4 Å². The molecule has 0 aliphatic rings. The van der Waals surface area contributed by atoms with E-state index in [1.165, 1.54) is 5.56 Å². The van der Waals surface area contributed by atoms with Crippen LogP contribution in [-0.4, -0.2) is 25.5 Å². The molecule has 1 rings (SSSR count). The number of primary amides is 1. The molecule has 1 amide bonds. The lowest BCUT2D eigenvalue weighted by Crippen LogP contribution is -2.39. The standard InChI is InChI=1S/C13H21N3O/c1-3-10-4-6-11(7-5-10)16(2)9-8-12(14)13(15)17/h4-7,12H,3,8-9,14H2,1-2H3,(H2,15,17). The lowest BCUT2D eigenvalue weighted by Gasteiger charge is -2.20. The van der Waals surface area contributed by atoms with E-state index in [-0.39, 0.29) is 0 Å². The Morgan fingerprint density at radius 3 is 2.41 bits per heavy atom. The molecule has 17 heavy (non-hydrogen) atoms. The van der Waals surface area contributed by atoms with Crippen LogP contribution in [0.2, 0.25) is 0 Å². The molecule has 0 saturated heterocycles. The Labute approximate surface area is 103 Å². The van der Waals surface area contributed by atoms with Gasteiger partial charge in [0.1, 0.15) is 0 Å². The average molecular weight is 235 g/mol. The predicted molar refractivity (Wildman–Crippen MR) is 70.9 cm³/mol. The Hall–Kier alpha value is -1.55. The first-order valence-electron chi connectivity index (χ1n) is 5.89. The van der Waals surface area contributed by atoms with E-state index >= 15 is 0 Å². The summed E-state index contributed by atoms with van der Waals surface area (Å²) in [6, 6.07) is 7.82. The van der Waals surface area contributed by atoms with Gasteiger partial charge in [-0.05, 0) is 30.5 Å². The van der Waals surface area contributed by atoms with E-state index in [4.69, 9.17) is 11.5 Å². The fourth-order valence-electron chi connectivity index (χ4n) is 1.59. The van der Waals surface area contributed by atoms with E-state index in [2.05, 4.69) is 36.1 Å². The molecule has 0 radical (unpaired) electrons. The monoisotopic (exact) mass is 235 g/mol. The van der Waals surface area contributed by atoms with Crippen LogP contribution in [-0.2, 0) is 11.2 Å². The first-order valence-corrected chi connectivity index (χ1v) is 5.89. The largest absolute Gasteiger partial charge is 0.375 e. The summed E-state index contributed by atoms with van der Waals surface area (Å²) in [6.45, 7) is 2.85. The number of aryl methyl sites for hydroxylation is 1. The zero-order chi connectivity index (χ0) is 12.8. The van der Waals surface area contributed by atoms with Gasteiger partial charge in [0, 0.05) is 19.3 Å². The van der Waals surface area contributed by atoms with Crippen molar-refractivity contribution in [2.24, 2.45) is 11.5 Å². The average Bonchev–Trinajstić information content (AvgIpc) is 2.35. The van der Waals surface area contributed by atoms with Gasteiger partial charge < -0.3 is 16.4 Å². The second kappa shape index (κ2) is 6.25. The Bertz CT molecular complexity index is 361. The summed E-state index contributed by atoms with van der Waals surface area (Å²) < 4.78 is 0. The lowest BCUT2D eigenvalue weighted by atomic mass is 10.1. The molecule has 4 N–H and O–H groups in total. The van der Waals surface area contributed by atoms with Crippen molar-refractivity contribution in [1.29, 1.82) is 0 Å². The Kier molecular flexibility index (Phi) is 4.97. The van der Waals surface area contributed by atoms with Gasteiger partial charge in [0.05, 0.1) is 6.04 Å². The summed E-state index contributed by atoms with van der Waals surface area (Å²) in [4.78, 5) is 12.9. The van der Waals surface area contributed by atoms with Crippen LogP contribution in [0.15, 0.2) is 24.3 Å². The third kappa shape index (κ3) is 4.07. The number of hydrogen-bond donors (Lipinski definition) is 2. The molecule has 1 atom stereocenters. The van der Waals surface area contributed by atoms with Crippen LogP contribution in [0.3, 0.4) is 0 Å². The van der Waals surface area contributed by atoms with E-state index in [1.807, 2.05) is 7.05 Å². The topological polar surface area (TPSA) is 72.3 Å². The van der Waals surface area contributed by atoms with Crippen molar-refractivity contribution in [3.05, 3.63) is 29.8 Å². The summed E-state index contributed by atoms with van der Waals surface area (Å²) in [6.07, 6.45) is 1.61. The van der Waals surface area contributed by atoms with E-state index in [0.29, 0.717) is 6.42 Å². The molecule has 1 unspecified atom stereocenters. The predicted octanol–water partition coefficient (Wildman–Crippen LogP) is 0.888. The highest BCUT2D eigenvalue weighted by molar-refractivity contribution is 5.79. The van der Waals surface area contributed by atoms with Gasteiger partial charge in [-0.1, -0.05) is 19.1 Å². The fraction of sp³-hybridized carbons (Fsp3) is 0.462. The molecule has 1 aromatic carbocycles. The van der Waals surface area contributed by atoms with Crippen molar-refractivity contribution >= 4 is 11.6 Å². The van der Waals surface area contributed by atoms with Crippen LogP contribution in [0.25, 0.3) is 0 Å². The summed E-state index contributed by atoms with van der Waals surface area (Å²) >= 11 is 0. The summed E-state index contributed by atoms with van der Waals surface area (Å²) in [5, 5.41) is 0. The molecule has 4 heteroatoms. The molecule has 4 nitrogen and oxygen atoms in total. The van der Waals surface area contributed by atoms with Gasteiger partial charge in [-0.3, -0.25) is 4.79 Å². The first-order chi connectivity index (χ1) is 8.04. The summed E-state index contributed by atoms with van der Waals surface area (Å²) in [5.41, 5.74) is 13.1. The van der Waals surface area contributed by atoms with E-state index in [0.717, 1.165) is 18.7 Å². The summed E-state index contributed by atoms with van der Waals surface area (Å²) in [7, 11) is 1.98. The van der Waals surface area contributed by atoms with Crippen LogP contribution in [0, 0.1) is 0 Å². The van der Waals surface area contributed by atoms with Crippen LogP contribution in [0.4, 0.5) is 5.69 Å². The highest BCUT2D eigenvalue weighted by atomic mass is 16.1. The highest BCUT2D eigenvalue weighted by Gasteiger charge is 2.10. The minimum Gasteiger partial charge on any atom is -0.375 e. The van der Waals surface area contributed by atoms with Crippen molar-refractivity contribution in [3.63, 3.8) is 0 Å². The van der Waals surface area contributed by atoms with Gasteiger partial charge in [-0.15, -0.1) is 0 Å². The second-order valence-electron chi connectivity index (χ2n) is 4.24. The van der Waals surface area contributed by atoms with E-state index in [9.17, 15) is 4.79 Å². The van der Waals surface area contributed by atoms with Gasteiger partial charge >= 0.3 is 0 Å². The van der Waals surface area contributed by atoms with Crippen LogP contribution in [0.1, 0.15) is 18.9 Å². The molecule has 0 aliphatic carbocycles.